The molecule has 0 spiro atoms. The van der Waals surface area contributed by atoms with Crippen molar-refractivity contribution >= 4 is 16.7 Å². The SMILES string of the molecule is CCn1nc(C(C)=O)c2cc(-c3cnc(C4(O)CC4)nc3)cc(C)c21. The molecule has 0 radical (unpaired) electrons. The predicted octanol–water partition coefficient (Wildman–Crippen LogP) is 3.01. The quantitative estimate of drug-likeness (QED) is 0.741. The highest BCUT2D eigenvalue weighted by Crippen LogP contribution is 2.43. The molecule has 0 atom stereocenters. The number of rotatable bonds is 4. The van der Waals surface area contributed by atoms with Crippen LogP contribution in [-0.2, 0) is 12.1 Å². The van der Waals surface area contributed by atoms with E-state index in [0.29, 0.717) is 18.1 Å². The average Bonchev–Trinajstić information content (AvgIpc) is 3.23. The summed E-state index contributed by atoms with van der Waals surface area (Å²) in [5.74, 6) is 0.439. The van der Waals surface area contributed by atoms with Gasteiger partial charge in [0.25, 0.3) is 0 Å². The molecule has 6 heteroatoms. The Morgan fingerprint density at radius 1 is 1.24 bits per heavy atom. The first kappa shape index (κ1) is 15.9. The van der Waals surface area contributed by atoms with Crippen molar-refractivity contribution in [3.05, 3.63) is 41.6 Å². The highest BCUT2D eigenvalue weighted by Gasteiger charge is 2.45. The van der Waals surface area contributed by atoms with Crippen LogP contribution in [0.2, 0.25) is 0 Å². The number of aliphatic hydroxyl groups is 1. The zero-order chi connectivity index (χ0) is 17.8. The third-order valence-corrected chi connectivity index (χ3v) is 4.79. The zero-order valence-corrected chi connectivity index (χ0v) is 14.6. The average molecular weight is 336 g/mol. The molecule has 1 aliphatic carbocycles. The summed E-state index contributed by atoms with van der Waals surface area (Å²) in [7, 11) is 0. The van der Waals surface area contributed by atoms with Gasteiger partial charge < -0.3 is 5.11 Å². The first-order valence-electron chi connectivity index (χ1n) is 8.50. The van der Waals surface area contributed by atoms with Crippen molar-refractivity contribution in [2.24, 2.45) is 0 Å². The van der Waals surface area contributed by atoms with Gasteiger partial charge in [-0.2, -0.15) is 5.10 Å². The lowest BCUT2D eigenvalue weighted by Gasteiger charge is -2.09. The first-order chi connectivity index (χ1) is 11.9. The molecular weight excluding hydrogens is 316 g/mol. The number of carbonyl (C=O) groups is 1. The molecule has 1 saturated carbocycles. The van der Waals surface area contributed by atoms with Crippen LogP contribution < -0.4 is 0 Å². The summed E-state index contributed by atoms with van der Waals surface area (Å²) in [6.45, 7) is 6.28. The molecule has 25 heavy (non-hydrogen) atoms. The van der Waals surface area contributed by atoms with Gasteiger partial charge >= 0.3 is 0 Å². The highest BCUT2D eigenvalue weighted by atomic mass is 16.3. The Labute approximate surface area is 145 Å². The van der Waals surface area contributed by atoms with E-state index < -0.39 is 5.60 Å². The maximum atomic E-state index is 12.0. The molecule has 2 heterocycles. The lowest BCUT2D eigenvalue weighted by atomic mass is 10.0. The summed E-state index contributed by atoms with van der Waals surface area (Å²) in [6, 6.07) is 4.03. The van der Waals surface area contributed by atoms with E-state index in [1.54, 1.807) is 12.4 Å². The van der Waals surface area contributed by atoms with E-state index in [1.165, 1.54) is 6.92 Å². The number of hydrogen-bond acceptors (Lipinski definition) is 5. The molecule has 0 unspecified atom stereocenters. The number of Topliss-reactive ketones (excluding diaryl/α,β-unsaturated/α-hetero) is 1. The number of aromatic nitrogens is 4. The van der Waals surface area contributed by atoms with E-state index in [9.17, 15) is 9.90 Å². The van der Waals surface area contributed by atoms with Crippen LogP contribution in [0.3, 0.4) is 0 Å². The minimum absolute atomic E-state index is 0.0451. The third kappa shape index (κ3) is 2.53. The standard InChI is InChI=1S/C19H20N4O2/c1-4-23-17-11(2)7-13(8-15(17)16(22-23)12(3)24)14-9-20-18(21-10-14)19(25)5-6-19/h7-10,25H,4-6H2,1-3H3. The number of fused-ring (bicyclic) bond motifs is 1. The van der Waals surface area contributed by atoms with Crippen LogP contribution in [0.4, 0.5) is 0 Å². The second kappa shape index (κ2) is 5.46. The minimum Gasteiger partial charge on any atom is -0.382 e. The number of aryl methyl sites for hydroxylation is 2. The van der Waals surface area contributed by atoms with Gasteiger partial charge in [-0.05, 0) is 49.9 Å². The third-order valence-electron chi connectivity index (χ3n) is 4.79. The summed E-state index contributed by atoms with van der Waals surface area (Å²) in [6.07, 6.45) is 4.90. The molecular formula is C19H20N4O2. The Bertz CT molecular complexity index is 985. The van der Waals surface area contributed by atoms with Gasteiger partial charge in [0.05, 0.1) is 5.52 Å². The van der Waals surface area contributed by atoms with Gasteiger partial charge in [0.2, 0.25) is 0 Å². The van der Waals surface area contributed by atoms with Crippen molar-refractivity contribution in [2.45, 2.75) is 45.8 Å². The van der Waals surface area contributed by atoms with Gasteiger partial charge in [0.1, 0.15) is 11.3 Å². The van der Waals surface area contributed by atoms with Gasteiger partial charge in [-0.25, -0.2) is 9.97 Å². The maximum absolute atomic E-state index is 12.0. The molecule has 1 aromatic carbocycles. The number of hydrogen-bond donors (Lipinski definition) is 1. The van der Waals surface area contributed by atoms with Crippen LogP contribution >= 0.6 is 0 Å². The van der Waals surface area contributed by atoms with E-state index in [0.717, 1.165) is 40.4 Å². The molecule has 4 rings (SSSR count). The number of nitrogens with zero attached hydrogens (tertiary/aromatic N) is 4. The first-order valence-corrected chi connectivity index (χ1v) is 8.50. The summed E-state index contributed by atoms with van der Waals surface area (Å²) >= 11 is 0. The Morgan fingerprint density at radius 2 is 1.92 bits per heavy atom. The molecule has 1 fully saturated rings. The molecule has 0 aliphatic heterocycles. The van der Waals surface area contributed by atoms with Crippen molar-refractivity contribution in [2.75, 3.05) is 0 Å². The second-order valence-electron chi connectivity index (χ2n) is 6.74. The molecule has 0 bridgehead atoms. The minimum atomic E-state index is -0.831. The summed E-state index contributed by atoms with van der Waals surface area (Å²) < 4.78 is 1.87. The van der Waals surface area contributed by atoms with E-state index in [1.807, 2.05) is 24.6 Å². The monoisotopic (exact) mass is 336 g/mol. The maximum Gasteiger partial charge on any atom is 0.180 e. The Kier molecular flexibility index (Phi) is 3.47. The van der Waals surface area contributed by atoms with Gasteiger partial charge in [-0.1, -0.05) is 0 Å². The lowest BCUT2D eigenvalue weighted by molar-refractivity contribution is 0.101. The summed E-state index contributed by atoms with van der Waals surface area (Å²) in [4.78, 5) is 20.6. The fourth-order valence-corrected chi connectivity index (χ4v) is 3.24. The van der Waals surface area contributed by atoms with Gasteiger partial charge in [0.15, 0.2) is 11.6 Å². The molecule has 6 nitrogen and oxygen atoms in total. The number of benzene rings is 1. The highest BCUT2D eigenvalue weighted by molar-refractivity contribution is 6.06. The Morgan fingerprint density at radius 3 is 2.48 bits per heavy atom. The van der Waals surface area contributed by atoms with Gasteiger partial charge in [0, 0.05) is 36.8 Å². The van der Waals surface area contributed by atoms with Crippen molar-refractivity contribution in [1.29, 1.82) is 0 Å². The summed E-state index contributed by atoms with van der Waals surface area (Å²) in [5, 5.41) is 15.4. The molecule has 3 aromatic rings. The zero-order valence-electron chi connectivity index (χ0n) is 14.6. The van der Waals surface area contributed by atoms with Gasteiger partial charge in [-0.15, -0.1) is 0 Å². The van der Waals surface area contributed by atoms with Crippen molar-refractivity contribution in [1.82, 2.24) is 19.7 Å². The molecule has 0 amide bonds. The molecule has 2 aromatic heterocycles. The van der Waals surface area contributed by atoms with E-state index >= 15 is 0 Å². The topological polar surface area (TPSA) is 80.9 Å². The second-order valence-corrected chi connectivity index (χ2v) is 6.74. The molecule has 1 N–H and O–H groups in total. The normalized spacial score (nSPS) is 15.5. The number of ketones is 1. The van der Waals surface area contributed by atoms with Gasteiger partial charge in [-0.3, -0.25) is 9.48 Å². The fraction of sp³-hybridized carbons (Fsp3) is 0.368. The Hall–Kier alpha value is -2.60. The van der Waals surface area contributed by atoms with Crippen LogP contribution in [0.1, 0.15) is 48.6 Å². The van der Waals surface area contributed by atoms with Crippen molar-refractivity contribution in [3.8, 4) is 11.1 Å². The number of carbonyl (C=O) groups excluding carboxylic acids is 1. The van der Waals surface area contributed by atoms with Crippen LogP contribution in [0.5, 0.6) is 0 Å². The van der Waals surface area contributed by atoms with E-state index in [-0.39, 0.29) is 5.78 Å². The van der Waals surface area contributed by atoms with Crippen LogP contribution in [0.25, 0.3) is 22.0 Å². The molecule has 0 saturated heterocycles. The van der Waals surface area contributed by atoms with Crippen molar-refractivity contribution < 1.29 is 9.90 Å². The summed E-state index contributed by atoms with van der Waals surface area (Å²) in [5.41, 5.74) is 3.50. The smallest absolute Gasteiger partial charge is 0.180 e. The van der Waals surface area contributed by atoms with Crippen LogP contribution in [0, 0.1) is 6.92 Å². The predicted molar refractivity (Wildman–Crippen MR) is 94.3 cm³/mol. The molecule has 1 aliphatic rings. The van der Waals surface area contributed by atoms with Crippen molar-refractivity contribution in [3.63, 3.8) is 0 Å². The van der Waals surface area contributed by atoms with Crippen LogP contribution in [-0.4, -0.2) is 30.6 Å². The van der Waals surface area contributed by atoms with E-state index in [4.69, 9.17) is 0 Å². The largest absolute Gasteiger partial charge is 0.382 e. The molecule has 128 valence electrons. The lowest BCUT2D eigenvalue weighted by Crippen LogP contribution is -2.09. The fourth-order valence-electron chi connectivity index (χ4n) is 3.24. The Balaban J connectivity index is 1.85. The van der Waals surface area contributed by atoms with Crippen LogP contribution in [0.15, 0.2) is 24.5 Å². The van der Waals surface area contributed by atoms with E-state index in [2.05, 4.69) is 21.1 Å².